The Labute approximate surface area is 121 Å². The minimum Gasteiger partial charge on any atom is -0.490 e. The molecule has 0 radical (unpaired) electrons. The predicted molar refractivity (Wildman–Crippen MR) is 78.3 cm³/mol. The van der Waals surface area contributed by atoms with Crippen molar-refractivity contribution < 1.29 is 9.47 Å². The van der Waals surface area contributed by atoms with Crippen LogP contribution < -0.4 is 15.2 Å². The van der Waals surface area contributed by atoms with Crippen molar-refractivity contribution in [2.24, 2.45) is 0 Å². The van der Waals surface area contributed by atoms with Crippen molar-refractivity contribution in [3.05, 3.63) is 52.5 Å². The standard InChI is InChI=1S/C14H13Cl2NO2/c15-10-4-5-14(13(16)8-10)19-7-6-18-12-3-1-2-11(17)9-12/h1-5,8-9H,6-7,17H2. The number of hydrogen-bond donors (Lipinski definition) is 1. The molecule has 0 saturated heterocycles. The van der Waals surface area contributed by atoms with E-state index in [-0.39, 0.29) is 0 Å². The van der Waals surface area contributed by atoms with Gasteiger partial charge in [-0.1, -0.05) is 29.3 Å². The highest BCUT2D eigenvalue weighted by Crippen LogP contribution is 2.27. The van der Waals surface area contributed by atoms with E-state index < -0.39 is 0 Å². The van der Waals surface area contributed by atoms with Crippen LogP contribution in [0.5, 0.6) is 11.5 Å². The van der Waals surface area contributed by atoms with Gasteiger partial charge in [0.2, 0.25) is 0 Å². The monoisotopic (exact) mass is 297 g/mol. The van der Waals surface area contributed by atoms with Crippen LogP contribution >= 0.6 is 23.2 Å². The molecule has 19 heavy (non-hydrogen) atoms. The maximum Gasteiger partial charge on any atom is 0.138 e. The van der Waals surface area contributed by atoms with E-state index in [1.54, 1.807) is 30.3 Å². The van der Waals surface area contributed by atoms with Crippen LogP contribution in [0, 0.1) is 0 Å². The van der Waals surface area contributed by atoms with Crippen LogP contribution in [0.2, 0.25) is 10.0 Å². The van der Waals surface area contributed by atoms with Crippen molar-refractivity contribution in [1.82, 2.24) is 0 Å². The van der Waals surface area contributed by atoms with Gasteiger partial charge in [-0.2, -0.15) is 0 Å². The molecule has 5 heteroatoms. The molecule has 2 rings (SSSR count). The molecule has 0 spiro atoms. The Hall–Kier alpha value is -1.58. The lowest BCUT2D eigenvalue weighted by Crippen LogP contribution is -2.09. The van der Waals surface area contributed by atoms with E-state index in [0.717, 1.165) is 0 Å². The first-order valence-corrected chi connectivity index (χ1v) is 6.47. The molecular weight excluding hydrogens is 285 g/mol. The van der Waals surface area contributed by atoms with E-state index in [0.29, 0.717) is 40.4 Å². The zero-order valence-corrected chi connectivity index (χ0v) is 11.6. The van der Waals surface area contributed by atoms with Crippen molar-refractivity contribution in [1.29, 1.82) is 0 Å². The maximum absolute atomic E-state index is 5.98. The SMILES string of the molecule is Nc1cccc(OCCOc2ccc(Cl)cc2Cl)c1. The fraction of sp³-hybridized carbons (Fsp3) is 0.143. The first-order chi connectivity index (χ1) is 9.15. The van der Waals surface area contributed by atoms with E-state index in [4.69, 9.17) is 38.4 Å². The summed E-state index contributed by atoms with van der Waals surface area (Å²) in [6.07, 6.45) is 0. The molecule has 0 fully saturated rings. The fourth-order valence-electron chi connectivity index (χ4n) is 1.51. The Morgan fingerprint density at radius 1 is 0.947 bits per heavy atom. The average Bonchev–Trinajstić information content (AvgIpc) is 2.37. The van der Waals surface area contributed by atoms with Crippen LogP contribution in [-0.2, 0) is 0 Å². The molecule has 0 atom stereocenters. The Balaban J connectivity index is 1.81. The summed E-state index contributed by atoms with van der Waals surface area (Å²) in [5, 5.41) is 1.06. The van der Waals surface area contributed by atoms with Crippen LogP contribution in [0.25, 0.3) is 0 Å². The number of nitrogen functional groups attached to an aromatic ring is 1. The molecule has 0 saturated carbocycles. The molecule has 0 aliphatic carbocycles. The normalized spacial score (nSPS) is 10.2. The minimum atomic E-state index is 0.385. The number of halogens is 2. The molecule has 0 aliphatic heterocycles. The van der Waals surface area contributed by atoms with Crippen molar-refractivity contribution >= 4 is 28.9 Å². The third-order valence-corrected chi connectivity index (χ3v) is 2.89. The molecular formula is C14H13Cl2NO2. The minimum absolute atomic E-state index is 0.385. The Kier molecular flexibility index (Phi) is 4.77. The summed E-state index contributed by atoms with van der Waals surface area (Å²) in [4.78, 5) is 0. The summed E-state index contributed by atoms with van der Waals surface area (Å²) in [7, 11) is 0. The second kappa shape index (κ2) is 6.55. The van der Waals surface area contributed by atoms with Crippen molar-refractivity contribution in [2.75, 3.05) is 18.9 Å². The third kappa shape index (κ3) is 4.23. The van der Waals surface area contributed by atoms with Gasteiger partial charge >= 0.3 is 0 Å². The summed E-state index contributed by atoms with van der Waals surface area (Å²) in [6.45, 7) is 0.790. The van der Waals surface area contributed by atoms with Gasteiger partial charge in [0.15, 0.2) is 0 Å². The highest BCUT2D eigenvalue weighted by atomic mass is 35.5. The number of rotatable bonds is 5. The first kappa shape index (κ1) is 13.8. The van der Waals surface area contributed by atoms with Crippen LogP contribution in [0.3, 0.4) is 0 Å². The summed E-state index contributed by atoms with van der Waals surface area (Å²) in [5.41, 5.74) is 6.31. The first-order valence-electron chi connectivity index (χ1n) is 5.71. The van der Waals surface area contributed by atoms with Gasteiger partial charge in [-0.05, 0) is 30.3 Å². The number of ether oxygens (including phenoxy) is 2. The number of hydrogen-bond acceptors (Lipinski definition) is 3. The largest absolute Gasteiger partial charge is 0.490 e. The number of anilines is 1. The zero-order chi connectivity index (χ0) is 13.7. The highest BCUT2D eigenvalue weighted by Gasteiger charge is 2.02. The van der Waals surface area contributed by atoms with E-state index >= 15 is 0 Å². The molecule has 2 aromatic carbocycles. The molecule has 3 nitrogen and oxygen atoms in total. The van der Waals surface area contributed by atoms with Crippen LogP contribution in [0.1, 0.15) is 0 Å². The van der Waals surface area contributed by atoms with Crippen LogP contribution in [-0.4, -0.2) is 13.2 Å². The van der Waals surface area contributed by atoms with Crippen LogP contribution in [0.4, 0.5) is 5.69 Å². The molecule has 2 aromatic rings. The number of benzene rings is 2. The maximum atomic E-state index is 5.98. The van der Waals surface area contributed by atoms with Gasteiger partial charge in [0.1, 0.15) is 24.7 Å². The summed E-state index contributed by atoms with van der Waals surface area (Å²) < 4.78 is 11.0. The topological polar surface area (TPSA) is 44.5 Å². The zero-order valence-electron chi connectivity index (χ0n) is 10.1. The Morgan fingerprint density at radius 3 is 2.47 bits per heavy atom. The summed E-state index contributed by atoms with van der Waals surface area (Å²) in [6, 6.07) is 12.3. The Morgan fingerprint density at radius 2 is 1.74 bits per heavy atom. The smallest absolute Gasteiger partial charge is 0.138 e. The molecule has 0 aliphatic rings. The van der Waals surface area contributed by atoms with Gasteiger partial charge in [0.05, 0.1) is 5.02 Å². The van der Waals surface area contributed by atoms with Gasteiger partial charge in [-0.25, -0.2) is 0 Å². The second-order valence-corrected chi connectivity index (χ2v) is 4.69. The van der Waals surface area contributed by atoms with Crippen molar-refractivity contribution in [3.8, 4) is 11.5 Å². The van der Waals surface area contributed by atoms with E-state index in [2.05, 4.69) is 0 Å². The lowest BCUT2D eigenvalue weighted by atomic mass is 10.3. The molecule has 0 heterocycles. The van der Waals surface area contributed by atoms with Crippen molar-refractivity contribution in [2.45, 2.75) is 0 Å². The van der Waals surface area contributed by atoms with E-state index in [9.17, 15) is 0 Å². The second-order valence-electron chi connectivity index (χ2n) is 3.84. The molecule has 0 aromatic heterocycles. The summed E-state index contributed by atoms with van der Waals surface area (Å²) >= 11 is 11.8. The highest BCUT2D eigenvalue weighted by molar-refractivity contribution is 6.35. The molecule has 100 valence electrons. The van der Waals surface area contributed by atoms with Gasteiger partial charge in [0.25, 0.3) is 0 Å². The predicted octanol–water partition coefficient (Wildman–Crippen LogP) is 4.03. The molecule has 0 unspecified atom stereocenters. The van der Waals surface area contributed by atoms with E-state index in [1.807, 2.05) is 12.1 Å². The third-order valence-electron chi connectivity index (χ3n) is 2.36. The lowest BCUT2D eigenvalue weighted by Gasteiger charge is -2.10. The molecule has 0 bridgehead atoms. The summed E-state index contributed by atoms with van der Waals surface area (Å²) in [5.74, 6) is 1.30. The van der Waals surface area contributed by atoms with Gasteiger partial charge in [-0.3, -0.25) is 0 Å². The Bertz CT molecular complexity index is 561. The fourth-order valence-corrected chi connectivity index (χ4v) is 1.97. The van der Waals surface area contributed by atoms with Crippen LogP contribution in [0.15, 0.2) is 42.5 Å². The van der Waals surface area contributed by atoms with E-state index in [1.165, 1.54) is 0 Å². The van der Waals surface area contributed by atoms with Gasteiger partial charge in [0, 0.05) is 16.8 Å². The lowest BCUT2D eigenvalue weighted by molar-refractivity contribution is 0.217. The molecule has 0 amide bonds. The quantitative estimate of drug-likeness (QED) is 0.669. The average molecular weight is 298 g/mol. The van der Waals surface area contributed by atoms with Crippen molar-refractivity contribution in [3.63, 3.8) is 0 Å². The number of nitrogens with two attached hydrogens (primary N) is 1. The van der Waals surface area contributed by atoms with Gasteiger partial charge in [-0.15, -0.1) is 0 Å². The molecule has 2 N–H and O–H groups in total. The van der Waals surface area contributed by atoms with Gasteiger partial charge < -0.3 is 15.2 Å².